The van der Waals surface area contributed by atoms with Gasteiger partial charge in [-0.2, -0.15) is 0 Å². The molecule has 2 rings (SSSR count). The fourth-order valence-electron chi connectivity index (χ4n) is 2.32. The van der Waals surface area contributed by atoms with Crippen LogP contribution in [-0.2, 0) is 6.42 Å². The van der Waals surface area contributed by atoms with Crippen LogP contribution in [0.15, 0.2) is 18.2 Å². The van der Waals surface area contributed by atoms with Gasteiger partial charge in [-0.15, -0.1) is 0 Å². The molecule has 1 fully saturated rings. The summed E-state index contributed by atoms with van der Waals surface area (Å²) in [5.41, 5.74) is 10.5. The van der Waals surface area contributed by atoms with Crippen LogP contribution < -0.4 is 5.73 Å². The third kappa shape index (κ3) is 3.55. The molecule has 1 aromatic carbocycles. The molecule has 1 aliphatic carbocycles. The van der Waals surface area contributed by atoms with Gasteiger partial charge in [0.15, 0.2) is 0 Å². The second-order valence-electron chi connectivity index (χ2n) is 5.78. The van der Waals surface area contributed by atoms with E-state index in [1.165, 1.54) is 29.5 Å². The van der Waals surface area contributed by atoms with Gasteiger partial charge in [0.05, 0.1) is 0 Å². The van der Waals surface area contributed by atoms with E-state index in [0.29, 0.717) is 0 Å². The molecule has 0 spiro atoms. The highest BCUT2D eigenvalue weighted by Gasteiger charge is 2.38. The monoisotopic (exact) mass is 232 g/mol. The van der Waals surface area contributed by atoms with Gasteiger partial charge in [0.25, 0.3) is 0 Å². The Balaban J connectivity index is 1.86. The van der Waals surface area contributed by atoms with Crippen LogP contribution in [0, 0.1) is 13.8 Å². The van der Waals surface area contributed by atoms with Gasteiger partial charge in [-0.1, -0.05) is 23.8 Å². The molecule has 0 radical (unpaired) electrons. The molecule has 94 valence electrons. The number of aryl methyl sites for hydroxylation is 2. The zero-order chi connectivity index (χ0) is 12.5. The molecule has 0 aromatic heterocycles. The smallest absolute Gasteiger partial charge is 0.0284 e. The zero-order valence-corrected chi connectivity index (χ0v) is 11.3. The molecule has 17 heavy (non-hydrogen) atoms. The summed E-state index contributed by atoms with van der Waals surface area (Å²) in [6.07, 6.45) is 3.52. The average molecular weight is 232 g/mol. The Kier molecular flexibility index (Phi) is 3.55. The van der Waals surface area contributed by atoms with Crippen molar-refractivity contribution in [3.63, 3.8) is 0 Å². The summed E-state index contributed by atoms with van der Waals surface area (Å²) < 4.78 is 0. The van der Waals surface area contributed by atoms with Gasteiger partial charge in [-0.25, -0.2) is 0 Å². The van der Waals surface area contributed by atoms with Crippen molar-refractivity contribution in [1.82, 2.24) is 4.90 Å². The Morgan fingerprint density at radius 2 is 2.00 bits per heavy atom. The first-order chi connectivity index (χ1) is 7.98. The van der Waals surface area contributed by atoms with Crippen LogP contribution >= 0.6 is 0 Å². The molecule has 0 bridgehead atoms. The molecule has 2 N–H and O–H groups in total. The van der Waals surface area contributed by atoms with Crippen molar-refractivity contribution in [2.24, 2.45) is 5.73 Å². The summed E-state index contributed by atoms with van der Waals surface area (Å²) in [6, 6.07) is 6.70. The van der Waals surface area contributed by atoms with Crippen LogP contribution in [0.4, 0.5) is 0 Å². The minimum Gasteiger partial charge on any atom is -0.324 e. The van der Waals surface area contributed by atoms with Gasteiger partial charge in [0.2, 0.25) is 0 Å². The molecule has 0 atom stereocenters. The zero-order valence-electron chi connectivity index (χ0n) is 11.3. The lowest BCUT2D eigenvalue weighted by atomic mass is 10.0. The molecule has 0 heterocycles. The lowest BCUT2D eigenvalue weighted by Gasteiger charge is -2.21. The van der Waals surface area contributed by atoms with Crippen molar-refractivity contribution < 1.29 is 0 Å². The average Bonchev–Trinajstić information content (AvgIpc) is 2.97. The molecule has 0 unspecified atom stereocenters. The minimum absolute atomic E-state index is 0.135. The van der Waals surface area contributed by atoms with E-state index in [2.05, 4.69) is 44.0 Å². The molecule has 1 aliphatic rings. The quantitative estimate of drug-likeness (QED) is 0.844. The Bertz CT molecular complexity index is 394. The van der Waals surface area contributed by atoms with E-state index < -0.39 is 0 Å². The highest BCUT2D eigenvalue weighted by atomic mass is 15.1. The Labute approximate surface area is 105 Å². The Morgan fingerprint density at radius 1 is 1.29 bits per heavy atom. The second-order valence-corrected chi connectivity index (χ2v) is 5.78. The molecular formula is C15H24N2. The maximum atomic E-state index is 6.13. The Morgan fingerprint density at radius 3 is 2.65 bits per heavy atom. The first kappa shape index (κ1) is 12.6. The number of likely N-dealkylation sites (N-methyl/N-ethyl adjacent to an activating group) is 1. The number of nitrogens with zero attached hydrogens (tertiary/aromatic N) is 1. The molecule has 0 aliphatic heterocycles. The molecule has 2 heteroatoms. The van der Waals surface area contributed by atoms with Crippen LogP contribution in [0.3, 0.4) is 0 Å². The molecule has 0 amide bonds. The maximum Gasteiger partial charge on any atom is 0.0284 e. The fourth-order valence-corrected chi connectivity index (χ4v) is 2.32. The van der Waals surface area contributed by atoms with E-state index in [9.17, 15) is 0 Å². The third-order valence-corrected chi connectivity index (χ3v) is 3.74. The van der Waals surface area contributed by atoms with Gasteiger partial charge < -0.3 is 10.6 Å². The van der Waals surface area contributed by atoms with Gasteiger partial charge in [0, 0.05) is 18.6 Å². The van der Waals surface area contributed by atoms with Gasteiger partial charge in [-0.3, -0.25) is 0 Å². The van der Waals surface area contributed by atoms with Crippen molar-refractivity contribution in [1.29, 1.82) is 0 Å². The number of hydrogen-bond acceptors (Lipinski definition) is 2. The summed E-state index contributed by atoms with van der Waals surface area (Å²) in [4.78, 5) is 2.37. The van der Waals surface area contributed by atoms with Gasteiger partial charge in [0.1, 0.15) is 0 Å². The topological polar surface area (TPSA) is 29.3 Å². The van der Waals surface area contributed by atoms with E-state index in [1.807, 2.05) is 0 Å². The molecule has 0 saturated heterocycles. The lowest BCUT2D eigenvalue weighted by Crippen LogP contribution is -2.38. The van der Waals surface area contributed by atoms with Crippen LogP contribution in [0.1, 0.15) is 29.5 Å². The Hall–Kier alpha value is -0.860. The summed E-state index contributed by atoms with van der Waals surface area (Å²) in [5.74, 6) is 0. The van der Waals surface area contributed by atoms with Gasteiger partial charge in [-0.05, 0) is 51.3 Å². The van der Waals surface area contributed by atoms with E-state index in [1.54, 1.807) is 0 Å². The predicted octanol–water partition coefficient (Wildman–Crippen LogP) is 2.27. The first-order valence-corrected chi connectivity index (χ1v) is 6.52. The van der Waals surface area contributed by atoms with Crippen LogP contribution in [0.25, 0.3) is 0 Å². The van der Waals surface area contributed by atoms with Crippen LogP contribution in [-0.4, -0.2) is 30.6 Å². The second kappa shape index (κ2) is 4.79. The van der Waals surface area contributed by atoms with Crippen molar-refractivity contribution in [2.75, 3.05) is 20.1 Å². The van der Waals surface area contributed by atoms with E-state index in [-0.39, 0.29) is 5.54 Å². The van der Waals surface area contributed by atoms with Crippen molar-refractivity contribution in [3.05, 3.63) is 34.9 Å². The van der Waals surface area contributed by atoms with Crippen LogP contribution in [0.5, 0.6) is 0 Å². The molecule has 1 saturated carbocycles. The van der Waals surface area contributed by atoms with E-state index >= 15 is 0 Å². The number of hydrogen-bond donors (Lipinski definition) is 1. The fraction of sp³-hybridized carbons (Fsp3) is 0.600. The summed E-state index contributed by atoms with van der Waals surface area (Å²) in [5, 5.41) is 0. The maximum absolute atomic E-state index is 6.13. The number of rotatable bonds is 5. The number of nitrogens with two attached hydrogens (primary N) is 1. The van der Waals surface area contributed by atoms with E-state index in [4.69, 9.17) is 5.73 Å². The molecule has 2 nitrogen and oxygen atoms in total. The highest BCUT2D eigenvalue weighted by molar-refractivity contribution is 5.30. The summed E-state index contributed by atoms with van der Waals surface area (Å²) >= 11 is 0. The third-order valence-electron chi connectivity index (χ3n) is 3.74. The van der Waals surface area contributed by atoms with Crippen molar-refractivity contribution in [3.8, 4) is 0 Å². The lowest BCUT2D eigenvalue weighted by molar-refractivity contribution is 0.306. The predicted molar refractivity (Wildman–Crippen MR) is 73.3 cm³/mol. The normalized spacial score (nSPS) is 17.5. The summed E-state index contributed by atoms with van der Waals surface area (Å²) in [6.45, 7) is 6.49. The van der Waals surface area contributed by atoms with Crippen molar-refractivity contribution >= 4 is 0 Å². The largest absolute Gasteiger partial charge is 0.324 e. The van der Waals surface area contributed by atoms with Crippen LogP contribution in [0.2, 0.25) is 0 Å². The standard InChI is InChI=1S/C15H24N2/c1-12-4-5-13(2)14(10-12)6-9-17(3)11-15(16)7-8-15/h4-5,10H,6-9,11,16H2,1-3H3. The SMILES string of the molecule is Cc1ccc(C)c(CCN(C)CC2(N)CC2)c1. The first-order valence-electron chi connectivity index (χ1n) is 6.52. The number of benzene rings is 1. The minimum atomic E-state index is 0.135. The van der Waals surface area contributed by atoms with Gasteiger partial charge >= 0.3 is 0 Å². The molecular weight excluding hydrogens is 208 g/mol. The van der Waals surface area contributed by atoms with Crippen molar-refractivity contribution in [2.45, 2.75) is 38.6 Å². The van der Waals surface area contributed by atoms with E-state index in [0.717, 1.165) is 19.5 Å². The summed E-state index contributed by atoms with van der Waals surface area (Å²) in [7, 11) is 2.18. The highest BCUT2D eigenvalue weighted by Crippen LogP contribution is 2.32. The molecule has 1 aromatic rings.